The minimum atomic E-state index is -0.0526. The highest BCUT2D eigenvalue weighted by molar-refractivity contribution is 7.18. The SMILES string of the molecule is Cc1cc(NC(=O)C2CC2)sc1C(=O)NCCCN(C)C. The Bertz CT molecular complexity index is 521. The van der Waals surface area contributed by atoms with Crippen LogP contribution in [0.4, 0.5) is 5.00 Å². The zero-order chi connectivity index (χ0) is 15.4. The third-order valence-electron chi connectivity index (χ3n) is 3.39. The molecule has 0 radical (unpaired) electrons. The van der Waals surface area contributed by atoms with Crippen molar-refractivity contribution in [3.8, 4) is 0 Å². The van der Waals surface area contributed by atoms with Gasteiger partial charge in [0.05, 0.1) is 9.88 Å². The summed E-state index contributed by atoms with van der Waals surface area (Å²) in [5.74, 6) is 0.202. The van der Waals surface area contributed by atoms with E-state index in [9.17, 15) is 9.59 Å². The van der Waals surface area contributed by atoms with E-state index < -0.39 is 0 Å². The molecule has 116 valence electrons. The van der Waals surface area contributed by atoms with Crippen molar-refractivity contribution in [2.45, 2.75) is 26.2 Å². The van der Waals surface area contributed by atoms with Crippen LogP contribution in [0.5, 0.6) is 0 Å². The van der Waals surface area contributed by atoms with E-state index in [0.717, 1.165) is 36.4 Å². The Labute approximate surface area is 129 Å². The molecular formula is C15H23N3O2S. The standard InChI is InChI=1S/C15H23N3O2S/c1-10-9-12(17-14(19)11-5-6-11)21-13(10)15(20)16-7-4-8-18(2)3/h9,11H,4-8H2,1-3H3,(H,16,20)(H,17,19). The Balaban J connectivity index is 1.85. The number of aryl methyl sites for hydroxylation is 1. The molecule has 2 amide bonds. The van der Waals surface area contributed by atoms with E-state index >= 15 is 0 Å². The van der Waals surface area contributed by atoms with Gasteiger partial charge in [-0.2, -0.15) is 0 Å². The molecule has 21 heavy (non-hydrogen) atoms. The fourth-order valence-corrected chi connectivity index (χ4v) is 3.01. The lowest BCUT2D eigenvalue weighted by Gasteiger charge is -2.09. The van der Waals surface area contributed by atoms with E-state index in [1.54, 1.807) is 0 Å². The molecule has 0 spiro atoms. The molecule has 0 bridgehead atoms. The van der Waals surface area contributed by atoms with Crippen LogP contribution in [-0.2, 0) is 4.79 Å². The van der Waals surface area contributed by atoms with Crippen LogP contribution in [0.3, 0.4) is 0 Å². The van der Waals surface area contributed by atoms with Crippen molar-refractivity contribution < 1.29 is 9.59 Å². The third kappa shape index (κ3) is 4.82. The van der Waals surface area contributed by atoms with E-state index in [1.165, 1.54) is 11.3 Å². The normalized spacial score (nSPS) is 14.3. The summed E-state index contributed by atoms with van der Waals surface area (Å²) in [4.78, 5) is 26.6. The molecule has 1 aromatic rings. The Morgan fingerprint density at radius 1 is 1.38 bits per heavy atom. The lowest BCUT2D eigenvalue weighted by molar-refractivity contribution is -0.117. The van der Waals surface area contributed by atoms with Gasteiger partial charge >= 0.3 is 0 Å². The number of nitrogens with zero attached hydrogens (tertiary/aromatic N) is 1. The molecule has 2 N–H and O–H groups in total. The molecule has 0 aromatic carbocycles. The number of hydrogen-bond acceptors (Lipinski definition) is 4. The molecule has 0 saturated heterocycles. The number of amides is 2. The number of rotatable bonds is 7. The first-order valence-electron chi connectivity index (χ1n) is 7.31. The molecule has 2 rings (SSSR count). The molecule has 6 heteroatoms. The minimum absolute atomic E-state index is 0.0526. The monoisotopic (exact) mass is 309 g/mol. The van der Waals surface area contributed by atoms with Crippen molar-refractivity contribution in [2.75, 3.05) is 32.5 Å². The minimum Gasteiger partial charge on any atom is -0.351 e. The van der Waals surface area contributed by atoms with Gasteiger partial charge in [0, 0.05) is 12.5 Å². The second-order valence-electron chi connectivity index (χ2n) is 5.80. The predicted molar refractivity (Wildman–Crippen MR) is 85.9 cm³/mol. The summed E-state index contributed by atoms with van der Waals surface area (Å²) in [6.45, 7) is 3.52. The van der Waals surface area contributed by atoms with Crippen LogP contribution in [0.2, 0.25) is 0 Å². The van der Waals surface area contributed by atoms with Gasteiger partial charge in [-0.25, -0.2) is 0 Å². The van der Waals surface area contributed by atoms with Gasteiger partial charge in [0.2, 0.25) is 5.91 Å². The van der Waals surface area contributed by atoms with E-state index in [0.29, 0.717) is 11.4 Å². The van der Waals surface area contributed by atoms with Gasteiger partial charge in [-0.05, 0) is 58.5 Å². The molecule has 0 aliphatic heterocycles. The summed E-state index contributed by atoms with van der Waals surface area (Å²) in [5.41, 5.74) is 0.913. The van der Waals surface area contributed by atoms with Gasteiger partial charge in [0.1, 0.15) is 0 Å². The van der Waals surface area contributed by atoms with E-state index in [2.05, 4.69) is 15.5 Å². The quantitative estimate of drug-likeness (QED) is 0.758. The van der Waals surface area contributed by atoms with Crippen LogP contribution < -0.4 is 10.6 Å². The van der Waals surface area contributed by atoms with Crippen molar-refractivity contribution >= 4 is 28.2 Å². The second-order valence-corrected chi connectivity index (χ2v) is 6.85. The maximum Gasteiger partial charge on any atom is 0.261 e. The van der Waals surface area contributed by atoms with Crippen LogP contribution in [0.15, 0.2) is 6.07 Å². The fourth-order valence-electron chi connectivity index (χ4n) is 2.02. The molecule has 1 heterocycles. The van der Waals surface area contributed by atoms with Gasteiger partial charge in [0.15, 0.2) is 0 Å². The van der Waals surface area contributed by atoms with Gasteiger partial charge < -0.3 is 15.5 Å². The van der Waals surface area contributed by atoms with E-state index in [1.807, 2.05) is 27.1 Å². The van der Waals surface area contributed by atoms with E-state index in [-0.39, 0.29) is 17.7 Å². The molecule has 0 unspecified atom stereocenters. The van der Waals surface area contributed by atoms with Crippen LogP contribution in [0, 0.1) is 12.8 Å². The van der Waals surface area contributed by atoms with Gasteiger partial charge in [0.25, 0.3) is 5.91 Å². The lowest BCUT2D eigenvalue weighted by Crippen LogP contribution is -2.26. The van der Waals surface area contributed by atoms with Crippen molar-refractivity contribution in [1.29, 1.82) is 0 Å². The predicted octanol–water partition coefficient (Wildman–Crippen LogP) is 2.09. The van der Waals surface area contributed by atoms with Crippen molar-refractivity contribution in [3.63, 3.8) is 0 Å². The molecule has 0 atom stereocenters. The highest BCUT2D eigenvalue weighted by atomic mass is 32.1. The van der Waals surface area contributed by atoms with Gasteiger partial charge in [-0.1, -0.05) is 0 Å². The Hall–Kier alpha value is -1.40. The van der Waals surface area contributed by atoms with Crippen LogP contribution in [0.25, 0.3) is 0 Å². The number of carbonyl (C=O) groups excluding carboxylic acids is 2. The first kappa shape index (κ1) is 16.0. The molecular weight excluding hydrogens is 286 g/mol. The zero-order valence-electron chi connectivity index (χ0n) is 12.9. The van der Waals surface area contributed by atoms with E-state index in [4.69, 9.17) is 0 Å². The third-order valence-corrected chi connectivity index (χ3v) is 4.54. The summed E-state index contributed by atoms with van der Waals surface area (Å²) in [6.07, 6.45) is 2.89. The average Bonchev–Trinajstić information content (AvgIpc) is 3.19. The largest absolute Gasteiger partial charge is 0.351 e. The summed E-state index contributed by atoms with van der Waals surface area (Å²) >= 11 is 1.35. The molecule has 5 nitrogen and oxygen atoms in total. The number of thiophene rings is 1. The first-order chi connectivity index (χ1) is 9.97. The summed E-state index contributed by atoms with van der Waals surface area (Å²) in [5, 5.41) is 6.59. The Kier molecular flexibility index (Phi) is 5.36. The molecule has 1 aliphatic rings. The van der Waals surface area contributed by atoms with Crippen molar-refractivity contribution in [3.05, 3.63) is 16.5 Å². The van der Waals surface area contributed by atoms with Crippen molar-refractivity contribution in [1.82, 2.24) is 10.2 Å². The average molecular weight is 309 g/mol. The smallest absolute Gasteiger partial charge is 0.261 e. The summed E-state index contributed by atoms with van der Waals surface area (Å²) in [7, 11) is 4.03. The number of nitrogens with one attached hydrogen (secondary N) is 2. The highest BCUT2D eigenvalue weighted by Gasteiger charge is 2.30. The number of hydrogen-bond donors (Lipinski definition) is 2. The first-order valence-corrected chi connectivity index (χ1v) is 8.13. The lowest BCUT2D eigenvalue weighted by atomic mass is 10.2. The van der Waals surface area contributed by atoms with Crippen LogP contribution >= 0.6 is 11.3 Å². The second kappa shape index (κ2) is 7.04. The Morgan fingerprint density at radius 3 is 2.71 bits per heavy atom. The molecule has 1 aromatic heterocycles. The fraction of sp³-hybridized carbons (Fsp3) is 0.600. The summed E-state index contributed by atoms with van der Waals surface area (Å²) in [6, 6.07) is 1.87. The molecule has 1 aliphatic carbocycles. The maximum absolute atomic E-state index is 12.1. The number of carbonyl (C=O) groups is 2. The van der Waals surface area contributed by atoms with Crippen LogP contribution in [0.1, 0.15) is 34.5 Å². The van der Waals surface area contributed by atoms with Crippen molar-refractivity contribution in [2.24, 2.45) is 5.92 Å². The van der Waals surface area contributed by atoms with Gasteiger partial charge in [-0.15, -0.1) is 11.3 Å². The maximum atomic E-state index is 12.1. The summed E-state index contributed by atoms with van der Waals surface area (Å²) < 4.78 is 0. The highest BCUT2D eigenvalue weighted by Crippen LogP contribution is 2.32. The number of anilines is 1. The zero-order valence-corrected chi connectivity index (χ0v) is 13.7. The Morgan fingerprint density at radius 2 is 2.10 bits per heavy atom. The van der Waals surface area contributed by atoms with Gasteiger partial charge in [-0.3, -0.25) is 9.59 Å². The molecule has 1 fully saturated rings. The topological polar surface area (TPSA) is 61.4 Å². The van der Waals surface area contributed by atoms with Crippen LogP contribution in [-0.4, -0.2) is 43.9 Å². The molecule has 1 saturated carbocycles.